The Morgan fingerprint density at radius 1 is 1.25 bits per heavy atom. The Hall–Kier alpha value is -1.73. The first-order valence-corrected chi connectivity index (χ1v) is 5.86. The molecule has 0 aliphatic rings. The molecule has 0 unspecified atom stereocenters. The van der Waals surface area contributed by atoms with Gasteiger partial charge in [0.15, 0.2) is 5.82 Å². The minimum atomic E-state index is -4.13. The molecule has 84 valence electrons. The summed E-state index contributed by atoms with van der Waals surface area (Å²) in [4.78, 5) is 0. The van der Waals surface area contributed by atoms with E-state index in [9.17, 15) is 12.8 Å². The number of nitrogens with two attached hydrogens (primary N) is 1. The number of sulfonamides is 1. The summed E-state index contributed by atoms with van der Waals surface area (Å²) in [7, 11) is -4.13. The van der Waals surface area contributed by atoms with Crippen molar-refractivity contribution in [3.05, 3.63) is 42.3 Å². The molecule has 0 bridgehead atoms. The Morgan fingerprint density at radius 3 is 2.38 bits per heavy atom. The fraction of sp³-hybridized carbons (Fsp3) is 0. The fourth-order valence-corrected chi connectivity index (χ4v) is 1.77. The van der Waals surface area contributed by atoms with Crippen LogP contribution >= 0.6 is 0 Å². The third-order valence-corrected chi connectivity index (χ3v) is 2.74. The zero-order valence-electron chi connectivity index (χ0n) is 8.04. The van der Waals surface area contributed by atoms with Gasteiger partial charge in [-0.3, -0.25) is 0 Å². The van der Waals surface area contributed by atoms with Crippen molar-refractivity contribution < 1.29 is 12.8 Å². The maximum absolute atomic E-state index is 13.2. The largest absolute Gasteiger partial charge is 0.260 e. The van der Waals surface area contributed by atoms with Gasteiger partial charge in [-0.1, -0.05) is 18.2 Å². The summed E-state index contributed by atoms with van der Waals surface area (Å²) < 4.78 is 36.3. The van der Waals surface area contributed by atoms with E-state index >= 15 is 0 Å². The van der Waals surface area contributed by atoms with Crippen LogP contribution in [0.2, 0.25) is 0 Å². The minimum absolute atomic E-state index is 0.552. The molecule has 0 fully saturated rings. The molecule has 2 rings (SSSR count). The van der Waals surface area contributed by atoms with Crippen LogP contribution in [0.1, 0.15) is 0 Å². The highest BCUT2D eigenvalue weighted by molar-refractivity contribution is 7.89. The average molecular weight is 241 g/mol. The highest BCUT2D eigenvalue weighted by atomic mass is 32.2. The molecule has 0 amide bonds. The quantitative estimate of drug-likeness (QED) is 0.838. The van der Waals surface area contributed by atoms with Gasteiger partial charge in [0.2, 0.25) is 5.03 Å². The molecule has 0 aliphatic carbocycles. The van der Waals surface area contributed by atoms with Crippen LogP contribution < -0.4 is 5.14 Å². The molecule has 0 aliphatic heterocycles. The van der Waals surface area contributed by atoms with E-state index in [1.54, 1.807) is 30.3 Å². The third kappa shape index (κ3) is 1.95. The Labute approximate surface area is 91.4 Å². The van der Waals surface area contributed by atoms with Crippen LogP contribution in [0, 0.1) is 5.82 Å². The van der Waals surface area contributed by atoms with Crippen molar-refractivity contribution in [2.75, 3.05) is 0 Å². The first kappa shape index (κ1) is 10.8. The van der Waals surface area contributed by atoms with Crippen molar-refractivity contribution in [1.82, 2.24) is 9.78 Å². The van der Waals surface area contributed by atoms with E-state index < -0.39 is 20.9 Å². The van der Waals surface area contributed by atoms with Gasteiger partial charge in [-0.15, -0.1) is 0 Å². The van der Waals surface area contributed by atoms with E-state index in [1.807, 2.05) is 0 Å². The maximum Gasteiger partial charge on any atom is 0.260 e. The summed E-state index contributed by atoms with van der Waals surface area (Å²) in [5.74, 6) is -0.966. The number of halogens is 1. The Balaban J connectivity index is 2.55. The number of nitrogens with zero attached hydrogens (tertiary/aromatic N) is 2. The number of hydrogen-bond acceptors (Lipinski definition) is 3. The summed E-state index contributed by atoms with van der Waals surface area (Å²) >= 11 is 0. The predicted molar refractivity (Wildman–Crippen MR) is 54.9 cm³/mol. The molecule has 0 saturated heterocycles. The van der Waals surface area contributed by atoms with Crippen LogP contribution in [0.15, 0.2) is 41.6 Å². The van der Waals surface area contributed by atoms with Crippen molar-refractivity contribution in [3.8, 4) is 5.69 Å². The number of benzene rings is 1. The normalized spacial score (nSPS) is 11.6. The molecule has 0 spiro atoms. The third-order valence-electron chi connectivity index (χ3n) is 1.93. The van der Waals surface area contributed by atoms with Gasteiger partial charge in [0.1, 0.15) is 0 Å². The molecule has 2 aromatic rings. The van der Waals surface area contributed by atoms with Gasteiger partial charge >= 0.3 is 0 Å². The molecule has 0 radical (unpaired) electrons. The number of hydrogen-bond donors (Lipinski definition) is 1. The second-order valence-electron chi connectivity index (χ2n) is 3.11. The molecule has 5 nitrogen and oxygen atoms in total. The highest BCUT2D eigenvalue weighted by Crippen LogP contribution is 2.13. The molecule has 0 saturated carbocycles. The molecule has 0 atom stereocenters. The van der Waals surface area contributed by atoms with Crippen LogP contribution in [0.25, 0.3) is 5.69 Å². The van der Waals surface area contributed by atoms with E-state index in [2.05, 4.69) is 5.10 Å². The van der Waals surface area contributed by atoms with Crippen LogP contribution in [0.3, 0.4) is 0 Å². The number of aromatic nitrogens is 2. The molecule has 1 aromatic carbocycles. The predicted octanol–water partition coefficient (Wildman–Crippen LogP) is 0.659. The molecule has 1 heterocycles. The summed E-state index contributed by atoms with van der Waals surface area (Å²) in [6, 6.07) is 8.57. The highest BCUT2D eigenvalue weighted by Gasteiger charge is 2.19. The van der Waals surface area contributed by atoms with E-state index in [-0.39, 0.29) is 0 Å². The average Bonchev–Trinajstić information content (AvgIpc) is 2.61. The Morgan fingerprint density at radius 2 is 1.88 bits per heavy atom. The van der Waals surface area contributed by atoms with Gasteiger partial charge in [-0.2, -0.15) is 5.10 Å². The van der Waals surface area contributed by atoms with Crippen LogP contribution in [0.4, 0.5) is 4.39 Å². The monoisotopic (exact) mass is 241 g/mol. The van der Waals surface area contributed by atoms with Crippen LogP contribution in [-0.4, -0.2) is 18.2 Å². The summed E-state index contributed by atoms with van der Waals surface area (Å²) in [6.45, 7) is 0. The summed E-state index contributed by atoms with van der Waals surface area (Å²) in [6.07, 6.45) is 0.967. The first-order chi connectivity index (χ1) is 7.48. The topological polar surface area (TPSA) is 78.0 Å². The van der Waals surface area contributed by atoms with Crippen molar-refractivity contribution in [1.29, 1.82) is 0 Å². The lowest BCUT2D eigenvalue weighted by atomic mass is 10.3. The second-order valence-corrected chi connectivity index (χ2v) is 4.58. The van der Waals surface area contributed by atoms with Crippen LogP contribution in [0.5, 0.6) is 0 Å². The zero-order valence-corrected chi connectivity index (χ0v) is 8.86. The summed E-state index contributed by atoms with van der Waals surface area (Å²) in [5, 5.41) is 7.63. The van der Waals surface area contributed by atoms with E-state index in [1.165, 1.54) is 0 Å². The Bertz CT molecular complexity index is 607. The molecule has 1 aromatic heterocycles. The van der Waals surface area contributed by atoms with E-state index in [4.69, 9.17) is 5.14 Å². The molecule has 7 heteroatoms. The van der Waals surface area contributed by atoms with Crippen molar-refractivity contribution in [2.45, 2.75) is 5.03 Å². The minimum Gasteiger partial charge on any atom is -0.237 e. The lowest BCUT2D eigenvalue weighted by Gasteiger charge is -1.98. The first-order valence-electron chi connectivity index (χ1n) is 4.32. The molecular formula is C9H8FN3O2S. The smallest absolute Gasteiger partial charge is 0.237 e. The van der Waals surface area contributed by atoms with Gasteiger partial charge < -0.3 is 0 Å². The van der Waals surface area contributed by atoms with E-state index in [0.717, 1.165) is 10.9 Å². The summed E-state index contributed by atoms with van der Waals surface area (Å²) in [5.41, 5.74) is 0.552. The lowest BCUT2D eigenvalue weighted by Crippen LogP contribution is -2.14. The van der Waals surface area contributed by atoms with Crippen molar-refractivity contribution in [2.24, 2.45) is 5.14 Å². The standard InChI is InChI=1S/C9H8FN3O2S/c10-8-6-13(7-4-2-1-3-5-7)12-9(8)16(11,14)15/h1-6H,(H2,11,14,15). The van der Waals surface area contributed by atoms with E-state index in [0.29, 0.717) is 5.69 Å². The second kappa shape index (κ2) is 3.69. The SMILES string of the molecule is NS(=O)(=O)c1nn(-c2ccccc2)cc1F. The number of primary sulfonamides is 1. The maximum atomic E-state index is 13.2. The number of rotatable bonds is 2. The van der Waals surface area contributed by atoms with Gasteiger partial charge in [0.05, 0.1) is 11.9 Å². The van der Waals surface area contributed by atoms with Gasteiger partial charge in [-0.25, -0.2) is 22.6 Å². The van der Waals surface area contributed by atoms with Crippen molar-refractivity contribution >= 4 is 10.0 Å². The van der Waals surface area contributed by atoms with Gasteiger partial charge in [0, 0.05) is 0 Å². The number of para-hydroxylation sites is 1. The van der Waals surface area contributed by atoms with Gasteiger partial charge in [-0.05, 0) is 12.1 Å². The molecular weight excluding hydrogens is 233 g/mol. The Kier molecular flexibility index (Phi) is 2.49. The van der Waals surface area contributed by atoms with Crippen LogP contribution in [-0.2, 0) is 10.0 Å². The van der Waals surface area contributed by atoms with Gasteiger partial charge in [0.25, 0.3) is 10.0 Å². The zero-order chi connectivity index (χ0) is 11.8. The molecule has 2 N–H and O–H groups in total. The van der Waals surface area contributed by atoms with Crippen molar-refractivity contribution in [3.63, 3.8) is 0 Å². The lowest BCUT2D eigenvalue weighted by molar-refractivity contribution is 0.563. The fourth-order valence-electron chi connectivity index (χ4n) is 1.24. The molecule has 16 heavy (non-hydrogen) atoms.